The highest BCUT2D eigenvalue weighted by Crippen LogP contribution is 2.28. The van der Waals surface area contributed by atoms with E-state index >= 15 is 0 Å². The van der Waals surface area contributed by atoms with Crippen molar-refractivity contribution in [3.05, 3.63) is 11.9 Å². The molecule has 5 nitrogen and oxygen atoms in total. The van der Waals surface area contributed by atoms with Gasteiger partial charge in [-0.1, -0.05) is 5.21 Å². The van der Waals surface area contributed by atoms with Crippen LogP contribution in [0.25, 0.3) is 0 Å². The lowest BCUT2D eigenvalue weighted by Gasteiger charge is -2.07. The first kappa shape index (κ1) is 8.20. The zero-order valence-electron chi connectivity index (χ0n) is 7.09. The minimum atomic E-state index is -0.222. The quantitative estimate of drug-likeness (QED) is 0.668. The van der Waals surface area contributed by atoms with Crippen LogP contribution >= 0.6 is 0 Å². The Kier molecular flexibility index (Phi) is 1.99. The Balaban J connectivity index is 2.13. The molecule has 1 N–H and O–H groups in total. The third-order valence-corrected chi connectivity index (χ3v) is 2.38. The van der Waals surface area contributed by atoms with Gasteiger partial charge in [-0.25, -0.2) is 4.68 Å². The molecule has 2 unspecified atom stereocenters. The molecule has 0 amide bonds. The normalized spacial score (nSPS) is 27.4. The van der Waals surface area contributed by atoms with Crippen LogP contribution in [-0.4, -0.2) is 26.2 Å². The van der Waals surface area contributed by atoms with Crippen molar-refractivity contribution in [2.75, 3.05) is 0 Å². The first-order valence-corrected chi connectivity index (χ1v) is 4.29. The Bertz CT molecular complexity index is 340. The van der Waals surface area contributed by atoms with Crippen LogP contribution in [0.3, 0.4) is 0 Å². The fourth-order valence-corrected chi connectivity index (χ4v) is 1.68. The fourth-order valence-electron chi connectivity index (χ4n) is 1.68. The van der Waals surface area contributed by atoms with Crippen molar-refractivity contribution in [1.29, 1.82) is 5.26 Å². The van der Waals surface area contributed by atoms with Gasteiger partial charge in [0.1, 0.15) is 6.07 Å². The lowest BCUT2D eigenvalue weighted by Crippen LogP contribution is -2.07. The molecule has 1 aromatic rings. The number of hydrogen-bond donors (Lipinski definition) is 1. The largest absolute Gasteiger partial charge is 0.393 e. The van der Waals surface area contributed by atoms with E-state index < -0.39 is 0 Å². The van der Waals surface area contributed by atoms with Gasteiger partial charge in [0, 0.05) is 0 Å². The molecule has 0 aliphatic heterocycles. The minimum Gasteiger partial charge on any atom is -0.393 e. The van der Waals surface area contributed by atoms with Crippen LogP contribution in [0, 0.1) is 11.3 Å². The van der Waals surface area contributed by atoms with E-state index in [4.69, 9.17) is 5.26 Å². The second-order valence-corrected chi connectivity index (χ2v) is 3.32. The maximum atomic E-state index is 9.30. The Labute approximate surface area is 75.6 Å². The van der Waals surface area contributed by atoms with E-state index in [2.05, 4.69) is 10.3 Å². The number of nitrogens with zero attached hydrogens (tertiary/aromatic N) is 4. The molecule has 1 heterocycles. The van der Waals surface area contributed by atoms with Gasteiger partial charge in [0.15, 0.2) is 5.69 Å². The third-order valence-electron chi connectivity index (χ3n) is 2.38. The van der Waals surface area contributed by atoms with Crippen molar-refractivity contribution >= 4 is 0 Å². The first-order chi connectivity index (χ1) is 6.29. The molecular weight excluding hydrogens is 168 g/mol. The molecule has 0 bridgehead atoms. The summed E-state index contributed by atoms with van der Waals surface area (Å²) in [7, 11) is 0. The number of rotatable bonds is 1. The Hall–Kier alpha value is -1.41. The number of aromatic nitrogens is 3. The second kappa shape index (κ2) is 3.15. The topological polar surface area (TPSA) is 74.7 Å². The molecule has 1 aromatic heterocycles. The van der Waals surface area contributed by atoms with Gasteiger partial charge < -0.3 is 5.11 Å². The second-order valence-electron chi connectivity index (χ2n) is 3.32. The van der Waals surface area contributed by atoms with E-state index in [9.17, 15) is 5.11 Å². The molecule has 1 saturated carbocycles. The number of hydrogen-bond acceptors (Lipinski definition) is 4. The van der Waals surface area contributed by atoms with Gasteiger partial charge in [0.25, 0.3) is 0 Å². The molecule has 13 heavy (non-hydrogen) atoms. The molecule has 0 saturated heterocycles. The van der Waals surface area contributed by atoms with E-state index in [0.717, 1.165) is 12.8 Å². The van der Waals surface area contributed by atoms with E-state index in [1.54, 1.807) is 10.9 Å². The molecule has 1 aliphatic rings. The number of nitriles is 1. The smallest absolute Gasteiger partial charge is 0.182 e. The summed E-state index contributed by atoms with van der Waals surface area (Å²) in [4.78, 5) is 0. The lowest BCUT2D eigenvalue weighted by molar-refractivity contribution is 0.177. The standard InChI is InChI=1S/C8H10N4O/c9-4-6-5-12(11-10-6)7-1-2-8(13)3-7/h5,7-8,13H,1-3H2. The average Bonchev–Trinajstić information content (AvgIpc) is 2.71. The molecule has 0 aromatic carbocycles. The molecule has 2 rings (SSSR count). The number of aliphatic hydroxyl groups excluding tert-OH is 1. The molecule has 1 fully saturated rings. The summed E-state index contributed by atoms with van der Waals surface area (Å²) >= 11 is 0. The van der Waals surface area contributed by atoms with Gasteiger partial charge in [-0.2, -0.15) is 5.26 Å². The number of aliphatic hydroxyl groups is 1. The molecule has 5 heteroatoms. The minimum absolute atomic E-state index is 0.213. The van der Waals surface area contributed by atoms with Crippen molar-refractivity contribution in [3.63, 3.8) is 0 Å². The molecule has 0 radical (unpaired) electrons. The van der Waals surface area contributed by atoms with Crippen LogP contribution in [-0.2, 0) is 0 Å². The average molecular weight is 178 g/mol. The van der Waals surface area contributed by atoms with E-state index in [1.807, 2.05) is 6.07 Å². The van der Waals surface area contributed by atoms with E-state index in [1.165, 1.54) is 0 Å². The van der Waals surface area contributed by atoms with Crippen molar-refractivity contribution < 1.29 is 5.11 Å². The summed E-state index contributed by atoms with van der Waals surface area (Å²) in [5.41, 5.74) is 0.335. The van der Waals surface area contributed by atoms with Crippen molar-refractivity contribution in [2.24, 2.45) is 0 Å². The maximum Gasteiger partial charge on any atom is 0.182 e. The van der Waals surface area contributed by atoms with Crippen LogP contribution in [0.5, 0.6) is 0 Å². The zero-order valence-corrected chi connectivity index (χ0v) is 7.09. The van der Waals surface area contributed by atoms with Gasteiger partial charge in [-0.3, -0.25) is 0 Å². The summed E-state index contributed by atoms with van der Waals surface area (Å²) in [6, 6.07) is 2.14. The fraction of sp³-hybridized carbons (Fsp3) is 0.625. The van der Waals surface area contributed by atoms with Gasteiger partial charge in [-0.15, -0.1) is 5.10 Å². The zero-order chi connectivity index (χ0) is 9.26. The van der Waals surface area contributed by atoms with E-state index in [0.29, 0.717) is 12.1 Å². The van der Waals surface area contributed by atoms with Gasteiger partial charge in [0.05, 0.1) is 18.3 Å². The Morgan fingerprint density at radius 1 is 1.62 bits per heavy atom. The summed E-state index contributed by atoms with van der Waals surface area (Å²) in [6.45, 7) is 0. The summed E-state index contributed by atoms with van der Waals surface area (Å²) in [5, 5.41) is 25.3. The first-order valence-electron chi connectivity index (χ1n) is 4.29. The summed E-state index contributed by atoms with van der Waals surface area (Å²) in [6.07, 6.45) is 3.85. The predicted octanol–water partition coefficient (Wildman–Crippen LogP) is 0.236. The van der Waals surface area contributed by atoms with Crippen molar-refractivity contribution in [2.45, 2.75) is 31.4 Å². The highest BCUT2D eigenvalue weighted by molar-refractivity contribution is 5.13. The summed E-state index contributed by atoms with van der Waals surface area (Å²) < 4.78 is 1.68. The molecule has 68 valence electrons. The molecule has 1 aliphatic carbocycles. The predicted molar refractivity (Wildman–Crippen MR) is 43.6 cm³/mol. The monoisotopic (exact) mass is 178 g/mol. The maximum absolute atomic E-state index is 9.30. The van der Waals surface area contributed by atoms with Crippen molar-refractivity contribution in [1.82, 2.24) is 15.0 Å². The van der Waals surface area contributed by atoms with Gasteiger partial charge >= 0.3 is 0 Å². The highest BCUT2D eigenvalue weighted by atomic mass is 16.3. The third kappa shape index (κ3) is 1.53. The SMILES string of the molecule is N#Cc1cn(C2CCC(O)C2)nn1. The summed E-state index contributed by atoms with van der Waals surface area (Å²) in [5.74, 6) is 0. The highest BCUT2D eigenvalue weighted by Gasteiger charge is 2.24. The van der Waals surface area contributed by atoms with Gasteiger partial charge in [0.2, 0.25) is 0 Å². The van der Waals surface area contributed by atoms with Crippen LogP contribution < -0.4 is 0 Å². The Morgan fingerprint density at radius 2 is 2.46 bits per heavy atom. The molecule has 2 atom stereocenters. The van der Waals surface area contributed by atoms with Gasteiger partial charge in [-0.05, 0) is 19.3 Å². The van der Waals surface area contributed by atoms with Crippen LogP contribution in [0.15, 0.2) is 6.20 Å². The van der Waals surface area contributed by atoms with Crippen LogP contribution in [0.2, 0.25) is 0 Å². The Morgan fingerprint density at radius 3 is 3.00 bits per heavy atom. The van der Waals surface area contributed by atoms with Crippen LogP contribution in [0.1, 0.15) is 31.0 Å². The van der Waals surface area contributed by atoms with Crippen molar-refractivity contribution in [3.8, 4) is 6.07 Å². The molecular formula is C8H10N4O. The molecule has 0 spiro atoms. The van der Waals surface area contributed by atoms with E-state index in [-0.39, 0.29) is 12.1 Å². The van der Waals surface area contributed by atoms with Crippen LogP contribution in [0.4, 0.5) is 0 Å². The lowest BCUT2D eigenvalue weighted by atomic mass is 10.2.